The van der Waals surface area contributed by atoms with Gasteiger partial charge >= 0.3 is 0 Å². The number of hydrogen-bond acceptors (Lipinski definition) is 3. The Morgan fingerprint density at radius 3 is 2.61 bits per heavy atom. The number of likely N-dealkylation sites (N-methyl/N-ethyl adjacent to an activating group) is 1. The lowest BCUT2D eigenvalue weighted by Gasteiger charge is -2.29. The maximum absolute atomic E-state index is 10.3. The molecule has 100 valence electrons. The second-order valence-electron chi connectivity index (χ2n) is 5.17. The van der Waals surface area contributed by atoms with Crippen molar-refractivity contribution in [2.75, 3.05) is 18.8 Å². The second-order valence-corrected chi connectivity index (χ2v) is 5.17. The molecule has 1 atom stereocenters. The lowest BCUT2D eigenvalue weighted by molar-refractivity contribution is 0.0919. The summed E-state index contributed by atoms with van der Waals surface area (Å²) in [4.78, 5) is 2.39. The fraction of sp³-hybridized carbons (Fsp3) is 0.600. The Bertz CT molecular complexity index is 375. The highest BCUT2D eigenvalue weighted by Crippen LogP contribution is 2.27. The van der Waals surface area contributed by atoms with Crippen molar-refractivity contribution in [1.29, 1.82) is 0 Å². The van der Waals surface area contributed by atoms with Gasteiger partial charge in [0.15, 0.2) is 0 Å². The number of nitrogens with two attached hydrogens (primary N) is 1. The van der Waals surface area contributed by atoms with Crippen molar-refractivity contribution in [3.05, 3.63) is 29.8 Å². The van der Waals surface area contributed by atoms with Gasteiger partial charge in [-0.2, -0.15) is 0 Å². The summed E-state index contributed by atoms with van der Waals surface area (Å²) in [5, 5.41) is 10.3. The van der Waals surface area contributed by atoms with Crippen LogP contribution in [0.15, 0.2) is 24.3 Å². The molecule has 0 spiro atoms. The highest BCUT2D eigenvalue weighted by atomic mass is 16.3. The van der Waals surface area contributed by atoms with E-state index in [0.717, 1.165) is 12.1 Å². The average molecular weight is 248 g/mol. The summed E-state index contributed by atoms with van der Waals surface area (Å²) in [6.07, 6.45) is 4.71. The molecule has 1 aromatic carbocycles. The summed E-state index contributed by atoms with van der Waals surface area (Å²) in [7, 11) is 0. The van der Waals surface area contributed by atoms with Gasteiger partial charge in [0.2, 0.25) is 0 Å². The Balaban J connectivity index is 2.00. The molecule has 0 amide bonds. The lowest BCUT2D eigenvalue weighted by atomic mass is 10.1. The van der Waals surface area contributed by atoms with Gasteiger partial charge in [0.05, 0.1) is 6.10 Å². The zero-order valence-corrected chi connectivity index (χ0v) is 11.2. The Kier molecular flexibility index (Phi) is 4.61. The molecule has 1 unspecified atom stereocenters. The summed E-state index contributed by atoms with van der Waals surface area (Å²) in [6, 6.07) is 8.25. The molecule has 1 aliphatic carbocycles. The number of nitrogen functional groups attached to an aromatic ring is 1. The van der Waals surface area contributed by atoms with Gasteiger partial charge < -0.3 is 10.8 Å². The van der Waals surface area contributed by atoms with Crippen molar-refractivity contribution >= 4 is 5.69 Å². The molecule has 1 aliphatic rings. The van der Waals surface area contributed by atoms with Crippen LogP contribution in [0.5, 0.6) is 0 Å². The molecule has 0 saturated heterocycles. The smallest absolute Gasteiger partial charge is 0.0936 e. The van der Waals surface area contributed by atoms with E-state index in [4.69, 9.17) is 5.73 Å². The van der Waals surface area contributed by atoms with Crippen molar-refractivity contribution in [2.24, 2.45) is 0 Å². The maximum atomic E-state index is 10.3. The van der Waals surface area contributed by atoms with E-state index in [0.29, 0.717) is 18.3 Å². The van der Waals surface area contributed by atoms with Crippen molar-refractivity contribution < 1.29 is 5.11 Å². The van der Waals surface area contributed by atoms with Crippen molar-refractivity contribution in [3.8, 4) is 0 Å². The number of aliphatic hydroxyl groups is 1. The van der Waals surface area contributed by atoms with Gasteiger partial charge in [0, 0.05) is 23.8 Å². The fourth-order valence-corrected chi connectivity index (χ4v) is 2.94. The molecule has 3 heteroatoms. The monoisotopic (exact) mass is 248 g/mol. The third-order valence-electron chi connectivity index (χ3n) is 4.01. The van der Waals surface area contributed by atoms with Crippen LogP contribution in [0, 0.1) is 0 Å². The van der Waals surface area contributed by atoms with Gasteiger partial charge in [-0.1, -0.05) is 38.0 Å². The molecule has 0 bridgehead atoms. The third kappa shape index (κ3) is 3.03. The van der Waals surface area contributed by atoms with E-state index in [9.17, 15) is 5.11 Å². The largest absolute Gasteiger partial charge is 0.398 e. The van der Waals surface area contributed by atoms with E-state index in [1.165, 1.54) is 25.7 Å². The molecular weight excluding hydrogens is 224 g/mol. The van der Waals surface area contributed by atoms with Gasteiger partial charge in [0.25, 0.3) is 0 Å². The van der Waals surface area contributed by atoms with Crippen LogP contribution in [0.3, 0.4) is 0 Å². The maximum Gasteiger partial charge on any atom is 0.0936 e. The normalized spacial score (nSPS) is 18.4. The van der Waals surface area contributed by atoms with E-state index in [1.807, 2.05) is 24.3 Å². The first-order valence-corrected chi connectivity index (χ1v) is 6.99. The highest BCUT2D eigenvalue weighted by molar-refractivity contribution is 5.47. The van der Waals surface area contributed by atoms with Crippen molar-refractivity contribution in [2.45, 2.75) is 44.8 Å². The first-order valence-electron chi connectivity index (χ1n) is 6.99. The van der Waals surface area contributed by atoms with Gasteiger partial charge in [-0.25, -0.2) is 0 Å². The minimum absolute atomic E-state index is 0.480. The standard InChI is InChI=1S/C15H24N2O/c1-2-17(12-7-3-4-8-12)11-15(18)13-9-5-6-10-14(13)16/h5-6,9-10,12,15,18H,2-4,7-8,11,16H2,1H3. The summed E-state index contributed by atoms with van der Waals surface area (Å²) >= 11 is 0. The summed E-state index contributed by atoms with van der Waals surface area (Å²) in [5.41, 5.74) is 7.46. The van der Waals surface area contributed by atoms with Gasteiger partial charge in [0.1, 0.15) is 0 Å². The fourth-order valence-electron chi connectivity index (χ4n) is 2.94. The summed E-state index contributed by atoms with van der Waals surface area (Å²) in [5.74, 6) is 0. The van der Waals surface area contributed by atoms with Crippen molar-refractivity contribution in [3.63, 3.8) is 0 Å². The molecular formula is C15H24N2O. The SMILES string of the molecule is CCN(CC(O)c1ccccc1N)C1CCCC1. The second kappa shape index (κ2) is 6.21. The molecule has 2 rings (SSSR count). The number of rotatable bonds is 5. The van der Waals surface area contributed by atoms with E-state index in [-0.39, 0.29) is 0 Å². The lowest BCUT2D eigenvalue weighted by Crippen LogP contribution is -2.36. The number of aliphatic hydroxyl groups excluding tert-OH is 1. The topological polar surface area (TPSA) is 49.5 Å². The minimum Gasteiger partial charge on any atom is -0.398 e. The van der Waals surface area contributed by atoms with Crippen LogP contribution in [0.1, 0.15) is 44.3 Å². The van der Waals surface area contributed by atoms with Crippen LogP contribution in [0.2, 0.25) is 0 Å². The number of hydrogen-bond donors (Lipinski definition) is 2. The number of anilines is 1. The molecule has 0 aliphatic heterocycles. The Hall–Kier alpha value is -1.06. The van der Waals surface area contributed by atoms with E-state index in [1.54, 1.807) is 0 Å². The molecule has 3 N–H and O–H groups in total. The Morgan fingerprint density at radius 2 is 2.00 bits per heavy atom. The minimum atomic E-state index is -0.480. The molecule has 1 aromatic rings. The Labute approximate surface area is 110 Å². The number of para-hydroxylation sites is 1. The first kappa shape index (κ1) is 13.4. The quantitative estimate of drug-likeness (QED) is 0.787. The summed E-state index contributed by atoms with van der Waals surface area (Å²) < 4.78 is 0. The summed E-state index contributed by atoms with van der Waals surface area (Å²) in [6.45, 7) is 3.85. The van der Waals surface area contributed by atoms with Crippen molar-refractivity contribution in [1.82, 2.24) is 4.90 Å². The predicted octanol–water partition coefficient (Wildman–Crippen LogP) is 2.57. The Morgan fingerprint density at radius 1 is 1.33 bits per heavy atom. The van der Waals surface area contributed by atoms with Crippen LogP contribution in [0.4, 0.5) is 5.69 Å². The van der Waals surface area contributed by atoms with E-state index in [2.05, 4.69) is 11.8 Å². The van der Waals surface area contributed by atoms with Crippen LogP contribution in [-0.2, 0) is 0 Å². The van der Waals surface area contributed by atoms with E-state index < -0.39 is 6.10 Å². The zero-order valence-electron chi connectivity index (χ0n) is 11.2. The number of benzene rings is 1. The van der Waals surface area contributed by atoms with E-state index >= 15 is 0 Å². The predicted molar refractivity (Wildman–Crippen MR) is 75.3 cm³/mol. The molecule has 0 aromatic heterocycles. The molecule has 1 saturated carbocycles. The molecule has 18 heavy (non-hydrogen) atoms. The molecule has 3 nitrogen and oxygen atoms in total. The molecule has 1 fully saturated rings. The third-order valence-corrected chi connectivity index (χ3v) is 4.01. The van der Waals surface area contributed by atoms with Gasteiger partial charge in [-0.3, -0.25) is 4.90 Å². The molecule has 0 heterocycles. The molecule has 0 radical (unpaired) electrons. The average Bonchev–Trinajstić information content (AvgIpc) is 2.90. The van der Waals surface area contributed by atoms with Crippen LogP contribution in [0.25, 0.3) is 0 Å². The van der Waals surface area contributed by atoms with Gasteiger partial charge in [-0.15, -0.1) is 0 Å². The van der Waals surface area contributed by atoms with Crippen LogP contribution in [-0.4, -0.2) is 29.1 Å². The first-order chi connectivity index (χ1) is 8.72. The van der Waals surface area contributed by atoms with Crippen LogP contribution >= 0.6 is 0 Å². The van der Waals surface area contributed by atoms with Gasteiger partial charge in [-0.05, 0) is 25.5 Å². The number of nitrogens with zero attached hydrogens (tertiary/aromatic N) is 1. The zero-order chi connectivity index (χ0) is 13.0. The van der Waals surface area contributed by atoms with Crippen LogP contribution < -0.4 is 5.73 Å². The highest BCUT2D eigenvalue weighted by Gasteiger charge is 2.24.